The largest absolute Gasteiger partial charge is 0.497 e. The van der Waals surface area contributed by atoms with Gasteiger partial charge in [-0.05, 0) is 30.3 Å². The number of aromatic nitrogens is 3. The van der Waals surface area contributed by atoms with E-state index < -0.39 is 0 Å². The SMILES string of the molecule is COc1ccc(OC)c(CNc2ncn(-c3ccccc3)n2)c1. The zero-order valence-electron chi connectivity index (χ0n) is 13.1. The van der Waals surface area contributed by atoms with Gasteiger partial charge < -0.3 is 14.8 Å². The van der Waals surface area contributed by atoms with E-state index in [1.165, 1.54) is 0 Å². The van der Waals surface area contributed by atoms with Gasteiger partial charge in [0.2, 0.25) is 5.95 Å². The van der Waals surface area contributed by atoms with E-state index >= 15 is 0 Å². The molecule has 0 saturated heterocycles. The number of anilines is 1. The first-order chi connectivity index (χ1) is 11.3. The van der Waals surface area contributed by atoms with Crippen LogP contribution >= 0.6 is 0 Å². The Morgan fingerprint density at radius 1 is 1.04 bits per heavy atom. The number of methoxy groups -OCH3 is 2. The monoisotopic (exact) mass is 310 g/mol. The Morgan fingerprint density at radius 3 is 2.61 bits per heavy atom. The Bertz CT molecular complexity index is 771. The van der Waals surface area contributed by atoms with Crippen LogP contribution in [0.25, 0.3) is 5.69 Å². The van der Waals surface area contributed by atoms with E-state index in [-0.39, 0.29) is 0 Å². The van der Waals surface area contributed by atoms with Gasteiger partial charge in [0.05, 0.1) is 19.9 Å². The molecule has 0 aliphatic rings. The molecule has 3 aromatic rings. The third-order valence-corrected chi connectivity index (χ3v) is 3.44. The van der Waals surface area contributed by atoms with Crippen molar-refractivity contribution in [3.63, 3.8) is 0 Å². The molecule has 6 heteroatoms. The molecule has 0 radical (unpaired) electrons. The molecule has 118 valence electrons. The zero-order valence-corrected chi connectivity index (χ0v) is 13.1. The maximum atomic E-state index is 5.37. The highest BCUT2D eigenvalue weighted by atomic mass is 16.5. The molecule has 23 heavy (non-hydrogen) atoms. The summed E-state index contributed by atoms with van der Waals surface area (Å²) in [7, 11) is 3.29. The summed E-state index contributed by atoms with van der Waals surface area (Å²) in [6.07, 6.45) is 1.68. The molecule has 0 spiro atoms. The van der Waals surface area contributed by atoms with Crippen LogP contribution in [-0.2, 0) is 6.54 Å². The van der Waals surface area contributed by atoms with Crippen LogP contribution in [0.15, 0.2) is 54.9 Å². The summed E-state index contributed by atoms with van der Waals surface area (Å²) in [5, 5.41) is 7.61. The summed E-state index contributed by atoms with van der Waals surface area (Å²) in [4.78, 5) is 4.27. The molecule has 0 amide bonds. The third-order valence-electron chi connectivity index (χ3n) is 3.44. The van der Waals surface area contributed by atoms with Crippen molar-refractivity contribution >= 4 is 5.95 Å². The van der Waals surface area contributed by atoms with E-state index in [9.17, 15) is 0 Å². The highest BCUT2D eigenvalue weighted by Crippen LogP contribution is 2.24. The lowest BCUT2D eigenvalue weighted by Crippen LogP contribution is -2.04. The van der Waals surface area contributed by atoms with Crippen LogP contribution in [0.3, 0.4) is 0 Å². The molecule has 0 unspecified atom stereocenters. The number of para-hydroxylation sites is 1. The van der Waals surface area contributed by atoms with Gasteiger partial charge in [-0.2, -0.15) is 0 Å². The van der Waals surface area contributed by atoms with Crippen LogP contribution < -0.4 is 14.8 Å². The van der Waals surface area contributed by atoms with Gasteiger partial charge >= 0.3 is 0 Å². The van der Waals surface area contributed by atoms with Gasteiger partial charge in [-0.3, -0.25) is 0 Å². The number of hydrogen-bond donors (Lipinski definition) is 1. The number of benzene rings is 2. The average Bonchev–Trinajstić information content (AvgIpc) is 3.09. The molecule has 2 aromatic carbocycles. The Balaban J connectivity index is 1.73. The van der Waals surface area contributed by atoms with Gasteiger partial charge in [-0.25, -0.2) is 9.67 Å². The van der Waals surface area contributed by atoms with Crippen molar-refractivity contribution in [2.75, 3.05) is 19.5 Å². The molecule has 1 aromatic heterocycles. The van der Waals surface area contributed by atoms with Crippen molar-refractivity contribution in [3.05, 3.63) is 60.4 Å². The topological polar surface area (TPSA) is 61.2 Å². The lowest BCUT2D eigenvalue weighted by atomic mass is 10.2. The van der Waals surface area contributed by atoms with Crippen molar-refractivity contribution in [3.8, 4) is 17.2 Å². The van der Waals surface area contributed by atoms with Gasteiger partial charge in [-0.15, -0.1) is 5.10 Å². The van der Waals surface area contributed by atoms with E-state index in [0.717, 1.165) is 22.7 Å². The van der Waals surface area contributed by atoms with Gasteiger partial charge in [0, 0.05) is 12.1 Å². The minimum Gasteiger partial charge on any atom is -0.497 e. The lowest BCUT2D eigenvalue weighted by molar-refractivity contribution is 0.399. The predicted molar refractivity (Wildman–Crippen MR) is 88.2 cm³/mol. The van der Waals surface area contributed by atoms with E-state index in [2.05, 4.69) is 15.4 Å². The van der Waals surface area contributed by atoms with Crippen LogP contribution in [0.4, 0.5) is 5.95 Å². The zero-order chi connectivity index (χ0) is 16.1. The van der Waals surface area contributed by atoms with Crippen molar-refractivity contribution in [2.45, 2.75) is 6.54 Å². The molecule has 1 N–H and O–H groups in total. The minimum absolute atomic E-state index is 0.541. The normalized spacial score (nSPS) is 10.3. The Hall–Kier alpha value is -3.02. The van der Waals surface area contributed by atoms with Crippen molar-refractivity contribution < 1.29 is 9.47 Å². The first kappa shape index (κ1) is 14.9. The van der Waals surface area contributed by atoms with Crippen LogP contribution in [0.2, 0.25) is 0 Å². The lowest BCUT2D eigenvalue weighted by Gasteiger charge is -2.10. The van der Waals surface area contributed by atoms with E-state index in [1.807, 2.05) is 48.5 Å². The van der Waals surface area contributed by atoms with Crippen molar-refractivity contribution in [2.24, 2.45) is 0 Å². The van der Waals surface area contributed by atoms with Crippen LogP contribution in [-0.4, -0.2) is 29.0 Å². The van der Waals surface area contributed by atoms with Gasteiger partial charge in [0.25, 0.3) is 0 Å². The molecular formula is C17H18N4O2. The Labute approximate surface area is 134 Å². The average molecular weight is 310 g/mol. The van der Waals surface area contributed by atoms with Crippen molar-refractivity contribution in [1.29, 1.82) is 0 Å². The summed E-state index contributed by atoms with van der Waals surface area (Å²) in [5.74, 6) is 2.13. The predicted octanol–water partition coefficient (Wildman–Crippen LogP) is 2.90. The first-order valence-corrected chi connectivity index (χ1v) is 7.22. The summed E-state index contributed by atoms with van der Waals surface area (Å²) in [6, 6.07) is 15.5. The fourth-order valence-corrected chi connectivity index (χ4v) is 2.24. The van der Waals surface area contributed by atoms with Gasteiger partial charge in [0.15, 0.2) is 0 Å². The van der Waals surface area contributed by atoms with Crippen LogP contribution in [0, 0.1) is 0 Å². The molecule has 0 aliphatic carbocycles. The summed E-state index contributed by atoms with van der Waals surface area (Å²) < 4.78 is 12.3. The molecular weight excluding hydrogens is 292 g/mol. The highest BCUT2D eigenvalue weighted by molar-refractivity contribution is 5.42. The molecule has 3 rings (SSSR count). The van der Waals surface area contributed by atoms with Crippen LogP contribution in [0.1, 0.15) is 5.56 Å². The molecule has 0 fully saturated rings. The minimum atomic E-state index is 0.541. The smallest absolute Gasteiger partial charge is 0.242 e. The fourth-order valence-electron chi connectivity index (χ4n) is 2.24. The molecule has 0 atom stereocenters. The Morgan fingerprint density at radius 2 is 1.87 bits per heavy atom. The second-order valence-electron chi connectivity index (χ2n) is 4.88. The molecule has 0 aliphatic heterocycles. The van der Waals surface area contributed by atoms with E-state index in [4.69, 9.17) is 9.47 Å². The van der Waals surface area contributed by atoms with Crippen molar-refractivity contribution in [1.82, 2.24) is 14.8 Å². The molecule has 1 heterocycles. The summed E-state index contributed by atoms with van der Waals surface area (Å²) >= 11 is 0. The molecule has 0 saturated carbocycles. The fraction of sp³-hybridized carbons (Fsp3) is 0.176. The standard InChI is InChI=1S/C17H18N4O2/c1-22-15-8-9-16(23-2)13(10-15)11-18-17-19-12-21(20-17)14-6-4-3-5-7-14/h3-10,12H,11H2,1-2H3,(H,18,20). The summed E-state index contributed by atoms with van der Waals surface area (Å²) in [6.45, 7) is 0.541. The van der Waals surface area contributed by atoms with E-state index in [1.54, 1.807) is 25.2 Å². The Kier molecular flexibility index (Phi) is 4.42. The second kappa shape index (κ2) is 6.83. The number of ether oxygens (including phenoxy) is 2. The van der Waals surface area contributed by atoms with Gasteiger partial charge in [0.1, 0.15) is 17.8 Å². The summed E-state index contributed by atoms with van der Waals surface area (Å²) in [5.41, 5.74) is 1.94. The number of nitrogens with one attached hydrogen (secondary N) is 1. The first-order valence-electron chi connectivity index (χ1n) is 7.22. The molecule has 0 bridgehead atoms. The number of rotatable bonds is 6. The van der Waals surface area contributed by atoms with Crippen LogP contribution in [0.5, 0.6) is 11.5 Å². The van der Waals surface area contributed by atoms with E-state index in [0.29, 0.717) is 12.5 Å². The molecule has 6 nitrogen and oxygen atoms in total. The number of nitrogens with zero attached hydrogens (tertiary/aromatic N) is 3. The second-order valence-corrected chi connectivity index (χ2v) is 4.88. The quantitative estimate of drug-likeness (QED) is 0.758. The van der Waals surface area contributed by atoms with Gasteiger partial charge in [-0.1, -0.05) is 18.2 Å². The maximum absolute atomic E-state index is 5.37. The third kappa shape index (κ3) is 3.42. The maximum Gasteiger partial charge on any atom is 0.242 e. The number of hydrogen-bond acceptors (Lipinski definition) is 5. The highest BCUT2D eigenvalue weighted by Gasteiger charge is 2.07.